The van der Waals surface area contributed by atoms with Crippen LogP contribution in [0.15, 0.2) is 53.4 Å². The minimum Gasteiger partial charge on any atom is -0.325 e. The maximum absolute atomic E-state index is 13.1. The van der Waals surface area contributed by atoms with Gasteiger partial charge in [0.2, 0.25) is 15.7 Å². The third-order valence-electron chi connectivity index (χ3n) is 4.67. The molecule has 1 unspecified atom stereocenters. The molecule has 1 amide bonds. The van der Waals surface area contributed by atoms with Crippen molar-refractivity contribution >= 4 is 21.4 Å². The summed E-state index contributed by atoms with van der Waals surface area (Å²) in [7, 11) is -4.66. The Hall–Kier alpha value is -2.39. The van der Waals surface area contributed by atoms with Crippen molar-refractivity contribution in [3.05, 3.63) is 59.9 Å². The lowest BCUT2D eigenvalue weighted by Crippen LogP contribution is -2.32. The lowest BCUT2D eigenvalue weighted by Gasteiger charge is -2.24. The van der Waals surface area contributed by atoms with Gasteiger partial charge in [-0.1, -0.05) is 12.1 Å². The van der Waals surface area contributed by atoms with Crippen molar-refractivity contribution in [2.75, 3.05) is 18.4 Å². The predicted molar refractivity (Wildman–Crippen MR) is 98.2 cm³/mol. The van der Waals surface area contributed by atoms with Gasteiger partial charge in [-0.3, -0.25) is 9.69 Å². The average Bonchev–Trinajstić information content (AvgIpc) is 3.10. The van der Waals surface area contributed by atoms with Gasteiger partial charge in [0.15, 0.2) is 0 Å². The number of carbonyl (C=O) groups is 1. The fraction of sp³-hybridized carbons (Fsp3) is 0.316. The number of benzene rings is 2. The van der Waals surface area contributed by atoms with E-state index in [9.17, 15) is 26.4 Å². The van der Waals surface area contributed by atoms with Crippen LogP contribution in [0.4, 0.5) is 18.9 Å². The van der Waals surface area contributed by atoms with E-state index in [1.165, 1.54) is 24.3 Å². The Bertz CT molecular complexity index is 932. The van der Waals surface area contributed by atoms with Crippen LogP contribution in [0, 0.1) is 5.82 Å². The first-order valence-electron chi connectivity index (χ1n) is 8.69. The van der Waals surface area contributed by atoms with Gasteiger partial charge in [-0.05, 0) is 61.3 Å². The van der Waals surface area contributed by atoms with Crippen LogP contribution in [-0.2, 0) is 14.6 Å². The Morgan fingerprint density at radius 3 is 2.36 bits per heavy atom. The number of alkyl halides is 2. The Morgan fingerprint density at radius 2 is 1.75 bits per heavy atom. The fourth-order valence-corrected chi connectivity index (χ4v) is 4.01. The van der Waals surface area contributed by atoms with E-state index in [4.69, 9.17) is 0 Å². The number of hydrogen-bond acceptors (Lipinski definition) is 4. The molecule has 1 atom stereocenters. The van der Waals surface area contributed by atoms with Crippen molar-refractivity contribution in [3.8, 4) is 0 Å². The molecule has 1 N–H and O–H groups in total. The number of likely N-dealkylation sites (tertiary alicyclic amines) is 1. The first kappa shape index (κ1) is 20.3. The maximum atomic E-state index is 13.1. The molecular formula is C19H19F3N2O3S. The van der Waals surface area contributed by atoms with Gasteiger partial charge in [-0.15, -0.1) is 0 Å². The summed E-state index contributed by atoms with van der Waals surface area (Å²) in [6.45, 7) is 0.833. The zero-order valence-electron chi connectivity index (χ0n) is 14.8. The molecule has 0 radical (unpaired) electrons. The van der Waals surface area contributed by atoms with Crippen molar-refractivity contribution in [1.29, 1.82) is 0 Å². The summed E-state index contributed by atoms with van der Waals surface area (Å²) >= 11 is 0. The molecule has 3 rings (SSSR count). The summed E-state index contributed by atoms with van der Waals surface area (Å²) in [5.41, 5.74) is 1.25. The summed E-state index contributed by atoms with van der Waals surface area (Å²) in [5.74, 6) is -4.12. The lowest BCUT2D eigenvalue weighted by molar-refractivity contribution is -0.117. The minimum absolute atomic E-state index is 0.0184. The number of carbonyl (C=O) groups excluding carboxylic acids is 1. The van der Waals surface area contributed by atoms with E-state index in [-0.39, 0.29) is 24.3 Å². The summed E-state index contributed by atoms with van der Waals surface area (Å²) in [6, 6.07) is 10.8. The van der Waals surface area contributed by atoms with Gasteiger partial charge in [0.1, 0.15) is 5.82 Å². The standard InChI is InChI=1S/C19H19F3N2O3S/c20-14-5-3-13(4-6-14)17-2-1-11-24(17)12-18(25)23-15-7-9-16(10-8-15)28(26,27)19(21)22/h3-10,17,19H,1-2,11-12H2,(H,23,25). The quantitative estimate of drug-likeness (QED) is 0.787. The molecule has 0 aliphatic carbocycles. The molecule has 150 valence electrons. The molecule has 1 aliphatic rings. The van der Waals surface area contributed by atoms with Gasteiger partial charge < -0.3 is 5.32 Å². The van der Waals surface area contributed by atoms with Crippen LogP contribution in [-0.4, -0.2) is 38.1 Å². The molecule has 1 heterocycles. The smallest absolute Gasteiger partial charge is 0.325 e. The SMILES string of the molecule is O=C(CN1CCCC1c1ccc(F)cc1)Nc1ccc(S(=O)(=O)C(F)F)cc1. The molecule has 28 heavy (non-hydrogen) atoms. The Morgan fingerprint density at radius 1 is 1.11 bits per heavy atom. The number of anilines is 1. The lowest BCUT2D eigenvalue weighted by atomic mass is 10.0. The third kappa shape index (κ3) is 4.53. The zero-order valence-corrected chi connectivity index (χ0v) is 15.6. The highest BCUT2D eigenvalue weighted by Crippen LogP contribution is 2.31. The molecule has 0 spiro atoms. The van der Waals surface area contributed by atoms with Crippen LogP contribution in [0.25, 0.3) is 0 Å². The van der Waals surface area contributed by atoms with E-state index in [1.807, 2.05) is 4.90 Å². The topological polar surface area (TPSA) is 66.5 Å². The number of nitrogens with zero attached hydrogens (tertiary/aromatic N) is 1. The summed E-state index contributed by atoms with van der Waals surface area (Å²) in [4.78, 5) is 13.8. The number of hydrogen-bond donors (Lipinski definition) is 1. The summed E-state index contributed by atoms with van der Waals surface area (Å²) in [6.07, 6.45) is 1.77. The normalized spacial score (nSPS) is 17.8. The van der Waals surface area contributed by atoms with E-state index in [0.717, 1.165) is 37.1 Å². The molecule has 0 saturated carbocycles. The van der Waals surface area contributed by atoms with E-state index < -0.39 is 20.5 Å². The molecule has 1 fully saturated rings. The van der Waals surface area contributed by atoms with Crippen LogP contribution in [0.1, 0.15) is 24.4 Å². The number of halogens is 3. The third-order valence-corrected chi connectivity index (χ3v) is 6.06. The number of amides is 1. The van der Waals surface area contributed by atoms with Gasteiger partial charge >= 0.3 is 5.76 Å². The number of sulfone groups is 1. The highest BCUT2D eigenvalue weighted by Gasteiger charge is 2.28. The maximum Gasteiger partial charge on any atom is 0.341 e. The Kier molecular flexibility index (Phi) is 6.04. The number of rotatable bonds is 6. The van der Waals surface area contributed by atoms with Crippen molar-refractivity contribution < 1.29 is 26.4 Å². The van der Waals surface area contributed by atoms with E-state index in [0.29, 0.717) is 5.69 Å². The highest BCUT2D eigenvalue weighted by molar-refractivity contribution is 7.91. The van der Waals surface area contributed by atoms with Crippen LogP contribution in [0.3, 0.4) is 0 Å². The van der Waals surface area contributed by atoms with Gasteiger partial charge in [0, 0.05) is 11.7 Å². The van der Waals surface area contributed by atoms with Crippen molar-refractivity contribution in [3.63, 3.8) is 0 Å². The van der Waals surface area contributed by atoms with Crippen molar-refractivity contribution in [2.45, 2.75) is 29.5 Å². The Balaban J connectivity index is 1.63. The van der Waals surface area contributed by atoms with E-state index in [2.05, 4.69) is 5.32 Å². The Labute approximate surface area is 161 Å². The van der Waals surface area contributed by atoms with Gasteiger partial charge in [0.25, 0.3) is 0 Å². The molecule has 0 aromatic heterocycles. The molecule has 1 saturated heterocycles. The molecule has 2 aromatic carbocycles. The first-order chi connectivity index (χ1) is 13.3. The molecule has 9 heteroatoms. The van der Waals surface area contributed by atoms with Crippen molar-refractivity contribution in [2.24, 2.45) is 0 Å². The van der Waals surface area contributed by atoms with Crippen LogP contribution in [0.2, 0.25) is 0 Å². The van der Waals surface area contributed by atoms with E-state index in [1.54, 1.807) is 12.1 Å². The first-order valence-corrected chi connectivity index (χ1v) is 10.2. The second-order valence-electron chi connectivity index (χ2n) is 6.56. The van der Waals surface area contributed by atoms with Crippen LogP contribution >= 0.6 is 0 Å². The molecule has 1 aliphatic heterocycles. The second kappa shape index (κ2) is 8.32. The molecule has 2 aromatic rings. The molecule has 5 nitrogen and oxygen atoms in total. The average molecular weight is 412 g/mol. The second-order valence-corrected chi connectivity index (χ2v) is 8.48. The number of nitrogens with one attached hydrogen (secondary N) is 1. The van der Waals surface area contributed by atoms with Gasteiger partial charge in [0.05, 0.1) is 11.4 Å². The predicted octanol–water partition coefficient (Wildman–Crippen LogP) is 3.60. The van der Waals surface area contributed by atoms with Gasteiger partial charge in [-0.25, -0.2) is 12.8 Å². The van der Waals surface area contributed by atoms with Crippen molar-refractivity contribution in [1.82, 2.24) is 4.90 Å². The monoisotopic (exact) mass is 412 g/mol. The molecule has 0 bridgehead atoms. The summed E-state index contributed by atoms with van der Waals surface area (Å²) < 4.78 is 61.1. The zero-order chi connectivity index (χ0) is 20.3. The summed E-state index contributed by atoms with van der Waals surface area (Å²) in [5, 5.41) is 2.63. The van der Waals surface area contributed by atoms with Gasteiger partial charge in [-0.2, -0.15) is 8.78 Å². The molecular weight excluding hydrogens is 393 g/mol. The van der Waals surface area contributed by atoms with E-state index >= 15 is 0 Å². The highest BCUT2D eigenvalue weighted by atomic mass is 32.2. The van der Waals surface area contributed by atoms with Crippen LogP contribution < -0.4 is 5.32 Å². The van der Waals surface area contributed by atoms with Crippen LogP contribution in [0.5, 0.6) is 0 Å². The fourth-order valence-electron chi connectivity index (χ4n) is 3.29. The minimum atomic E-state index is -4.66. The largest absolute Gasteiger partial charge is 0.341 e.